The van der Waals surface area contributed by atoms with Gasteiger partial charge in [0.25, 0.3) is 0 Å². The third kappa shape index (κ3) is 3.96. The van der Waals surface area contributed by atoms with Crippen LogP contribution in [-0.4, -0.2) is 23.3 Å². The van der Waals surface area contributed by atoms with Crippen LogP contribution in [0.4, 0.5) is 0 Å². The van der Waals surface area contributed by atoms with Gasteiger partial charge in [-0.25, -0.2) is 4.98 Å². The molecule has 3 rings (SSSR count). The fourth-order valence-corrected chi connectivity index (χ4v) is 3.49. The van der Waals surface area contributed by atoms with E-state index >= 15 is 0 Å². The maximum absolute atomic E-state index is 12.3. The van der Waals surface area contributed by atoms with Crippen LogP contribution < -0.4 is 10.1 Å². The summed E-state index contributed by atoms with van der Waals surface area (Å²) in [6.45, 7) is 4.29. The lowest BCUT2D eigenvalue weighted by atomic mass is 10.1. The van der Waals surface area contributed by atoms with Gasteiger partial charge in [0.15, 0.2) is 0 Å². The average molecular weight is 356 g/mol. The molecule has 1 atom stereocenters. The van der Waals surface area contributed by atoms with Crippen LogP contribution in [0.15, 0.2) is 52.1 Å². The molecule has 1 aromatic carbocycles. The van der Waals surface area contributed by atoms with Crippen molar-refractivity contribution in [2.24, 2.45) is 0 Å². The minimum atomic E-state index is -0.269. The largest absolute Gasteiger partial charge is 0.494 e. The number of hydrogen-bond donors (Lipinski definition) is 1. The molecule has 3 aromatic rings. The number of benzene rings is 1. The molecule has 0 saturated carbocycles. The molecule has 2 aromatic heterocycles. The van der Waals surface area contributed by atoms with Gasteiger partial charge in [-0.15, -0.1) is 0 Å². The standard InChI is InChI=1S/C19H20N2O3S/c1-12-10-17(21-18-15(12)7-4-8-16(18)23-3)25-13(2)19(22)20-11-14-6-5-9-24-14/h4-10,13H,11H2,1-3H3,(H,20,22)/t13-/m1/s1. The van der Waals surface area contributed by atoms with Gasteiger partial charge in [0.2, 0.25) is 5.91 Å². The second-order valence-electron chi connectivity index (χ2n) is 5.69. The molecule has 0 spiro atoms. The number of para-hydroxylation sites is 1. The molecule has 0 aliphatic carbocycles. The van der Waals surface area contributed by atoms with Crippen molar-refractivity contribution in [3.8, 4) is 5.75 Å². The Bertz CT molecular complexity index is 878. The fraction of sp³-hybridized carbons (Fsp3) is 0.263. The first-order valence-corrected chi connectivity index (χ1v) is 8.87. The molecule has 2 heterocycles. The number of furan rings is 1. The second kappa shape index (κ2) is 7.61. The van der Waals surface area contributed by atoms with Crippen molar-refractivity contribution in [1.29, 1.82) is 0 Å². The van der Waals surface area contributed by atoms with E-state index in [4.69, 9.17) is 9.15 Å². The van der Waals surface area contributed by atoms with E-state index in [9.17, 15) is 4.79 Å². The van der Waals surface area contributed by atoms with Crippen LogP contribution in [0, 0.1) is 6.92 Å². The Kier molecular flexibility index (Phi) is 5.28. The monoisotopic (exact) mass is 356 g/mol. The molecule has 1 N–H and O–H groups in total. The summed E-state index contributed by atoms with van der Waals surface area (Å²) < 4.78 is 10.6. The minimum Gasteiger partial charge on any atom is -0.494 e. The Balaban J connectivity index is 1.74. The average Bonchev–Trinajstić information content (AvgIpc) is 3.12. The molecule has 0 radical (unpaired) electrons. The van der Waals surface area contributed by atoms with Crippen LogP contribution in [0.3, 0.4) is 0 Å². The van der Waals surface area contributed by atoms with Gasteiger partial charge in [-0.2, -0.15) is 0 Å². The van der Waals surface area contributed by atoms with Gasteiger partial charge in [0.05, 0.1) is 30.2 Å². The fourth-order valence-electron chi connectivity index (χ4n) is 2.55. The number of thioether (sulfide) groups is 1. The normalized spacial score (nSPS) is 12.1. The molecule has 130 valence electrons. The van der Waals surface area contributed by atoms with Crippen molar-refractivity contribution in [1.82, 2.24) is 10.3 Å². The number of ether oxygens (including phenoxy) is 1. The summed E-state index contributed by atoms with van der Waals surface area (Å²) in [5.74, 6) is 1.41. The summed E-state index contributed by atoms with van der Waals surface area (Å²) in [5, 5.41) is 4.46. The zero-order valence-electron chi connectivity index (χ0n) is 14.4. The molecule has 0 unspecified atom stereocenters. The summed E-state index contributed by atoms with van der Waals surface area (Å²) in [5.41, 5.74) is 1.92. The molecule has 5 nitrogen and oxygen atoms in total. The summed E-state index contributed by atoms with van der Waals surface area (Å²) >= 11 is 1.43. The van der Waals surface area contributed by atoms with Crippen LogP contribution in [0.1, 0.15) is 18.2 Å². The van der Waals surface area contributed by atoms with Gasteiger partial charge < -0.3 is 14.5 Å². The molecule has 1 amide bonds. The van der Waals surface area contributed by atoms with Gasteiger partial charge in [0.1, 0.15) is 17.0 Å². The summed E-state index contributed by atoms with van der Waals surface area (Å²) in [4.78, 5) is 17.0. The number of rotatable bonds is 6. The number of nitrogens with one attached hydrogen (secondary N) is 1. The topological polar surface area (TPSA) is 64.4 Å². The second-order valence-corrected chi connectivity index (χ2v) is 7.05. The Morgan fingerprint density at radius 1 is 1.36 bits per heavy atom. The van der Waals surface area contributed by atoms with Crippen LogP contribution in [0.25, 0.3) is 10.9 Å². The van der Waals surface area contributed by atoms with Gasteiger partial charge >= 0.3 is 0 Å². The summed E-state index contributed by atoms with van der Waals surface area (Å²) in [6, 6.07) is 11.5. The van der Waals surface area contributed by atoms with Gasteiger partial charge in [-0.1, -0.05) is 23.9 Å². The molecule has 0 bridgehead atoms. The van der Waals surface area contributed by atoms with Crippen LogP contribution in [-0.2, 0) is 11.3 Å². The number of aromatic nitrogens is 1. The maximum atomic E-state index is 12.3. The zero-order valence-corrected chi connectivity index (χ0v) is 15.2. The maximum Gasteiger partial charge on any atom is 0.233 e. The van der Waals surface area contributed by atoms with Crippen molar-refractivity contribution in [3.05, 3.63) is 54.0 Å². The predicted molar refractivity (Wildman–Crippen MR) is 98.9 cm³/mol. The number of carbonyl (C=O) groups excluding carboxylic acids is 1. The highest BCUT2D eigenvalue weighted by molar-refractivity contribution is 8.00. The van der Waals surface area contributed by atoms with Crippen LogP contribution >= 0.6 is 11.8 Å². The highest BCUT2D eigenvalue weighted by Gasteiger charge is 2.17. The minimum absolute atomic E-state index is 0.0547. The van der Waals surface area contributed by atoms with E-state index in [1.165, 1.54) is 11.8 Å². The Hall–Kier alpha value is -2.47. The quantitative estimate of drug-likeness (QED) is 0.678. The van der Waals surface area contributed by atoms with Crippen LogP contribution in [0.2, 0.25) is 0 Å². The Labute approximate surface area is 150 Å². The SMILES string of the molecule is COc1cccc2c(C)cc(S[C@H](C)C(=O)NCc3ccco3)nc12. The van der Waals surface area contributed by atoms with Crippen molar-refractivity contribution in [2.45, 2.75) is 30.7 Å². The first-order valence-electron chi connectivity index (χ1n) is 7.99. The summed E-state index contributed by atoms with van der Waals surface area (Å²) in [6.07, 6.45) is 1.59. The first kappa shape index (κ1) is 17.4. The van der Waals surface area contributed by atoms with E-state index in [0.717, 1.165) is 33.0 Å². The van der Waals surface area contributed by atoms with Gasteiger partial charge in [-0.05, 0) is 43.7 Å². The zero-order chi connectivity index (χ0) is 17.8. The molecule has 0 fully saturated rings. The molecule has 0 saturated heterocycles. The number of amides is 1. The first-order chi connectivity index (χ1) is 12.1. The lowest BCUT2D eigenvalue weighted by Gasteiger charge is -2.13. The third-order valence-electron chi connectivity index (χ3n) is 3.89. The predicted octanol–water partition coefficient (Wildman–Crippen LogP) is 3.94. The number of carbonyl (C=O) groups is 1. The van der Waals surface area contributed by atoms with E-state index in [1.54, 1.807) is 19.4 Å². The number of hydrogen-bond acceptors (Lipinski definition) is 5. The van der Waals surface area contributed by atoms with Crippen LogP contribution in [0.5, 0.6) is 5.75 Å². The van der Waals surface area contributed by atoms with Crippen molar-refractivity contribution in [2.75, 3.05) is 7.11 Å². The van der Waals surface area contributed by atoms with E-state index in [1.807, 2.05) is 44.2 Å². The molecule has 0 aliphatic rings. The Morgan fingerprint density at radius 3 is 2.92 bits per heavy atom. The van der Waals surface area contributed by atoms with Crippen molar-refractivity contribution < 1.29 is 13.9 Å². The number of pyridine rings is 1. The van der Waals surface area contributed by atoms with E-state index < -0.39 is 0 Å². The van der Waals surface area contributed by atoms with Crippen molar-refractivity contribution >= 4 is 28.6 Å². The highest BCUT2D eigenvalue weighted by atomic mass is 32.2. The van der Waals surface area contributed by atoms with Gasteiger partial charge in [-0.3, -0.25) is 4.79 Å². The van der Waals surface area contributed by atoms with E-state index in [0.29, 0.717) is 6.54 Å². The highest BCUT2D eigenvalue weighted by Crippen LogP contribution is 2.31. The van der Waals surface area contributed by atoms with E-state index in [-0.39, 0.29) is 11.2 Å². The lowest BCUT2D eigenvalue weighted by molar-refractivity contribution is -0.120. The molecular formula is C19H20N2O3S. The summed E-state index contributed by atoms with van der Waals surface area (Å²) in [7, 11) is 1.64. The Morgan fingerprint density at radius 2 is 2.20 bits per heavy atom. The third-order valence-corrected chi connectivity index (χ3v) is 4.91. The molecular weight excluding hydrogens is 336 g/mol. The number of fused-ring (bicyclic) bond motifs is 1. The number of nitrogens with zero attached hydrogens (tertiary/aromatic N) is 1. The number of methoxy groups -OCH3 is 1. The molecule has 0 aliphatic heterocycles. The van der Waals surface area contributed by atoms with Crippen molar-refractivity contribution in [3.63, 3.8) is 0 Å². The lowest BCUT2D eigenvalue weighted by Crippen LogP contribution is -2.30. The van der Waals surface area contributed by atoms with E-state index in [2.05, 4.69) is 10.3 Å². The smallest absolute Gasteiger partial charge is 0.233 e. The number of aryl methyl sites for hydroxylation is 1. The van der Waals surface area contributed by atoms with Gasteiger partial charge in [0, 0.05) is 5.39 Å². The molecule has 25 heavy (non-hydrogen) atoms. The molecule has 6 heteroatoms.